The molecule has 0 bridgehead atoms. The van der Waals surface area contributed by atoms with Crippen LogP contribution in [-0.2, 0) is 33.8 Å². The lowest BCUT2D eigenvalue weighted by Crippen LogP contribution is -2.64. The van der Waals surface area contributed by atoms with Crippen LogP contribution in [0, 0.1) is 17.3 Å². The van der Waals surface area contributed by atoms with E-state index >= 15 is 0 Å². The number of sulfone groups is 1. The van der Waals surface area contributed by atoms with E-state index in [1.165, 1.54) is 4.90 Å². The lowest BCUT2D eigenvalue weighted by Gasteiger charge is -2.42. The van der Waals surface area contributed by atoms with Gasteiger partial charge in [-0.2, -0.15) is 0 Å². The first-order valence-corrected chi connectivity index (χ1v) is 21.4. The van der Waals surface area contributed by atoms with Crippen LogP contribution >= 0.6 is 23.2 Å². The number of nitrogens with one attached hydrogen (secondary N) is 4. The average Bonchev–Trinajstić information content (AvgIpc) is 3.92. The van der Waals surface area contributed by atoms with Crippen molar-refractivity contribution in [3.63, 3.8) is 0 Å². The number of hydrogen-bond acceptors (Lipinski definition) is 8. The first-order chi connectivity index (χ1) is 24.3. The Labute approximate surface area is 318 Å². The summed E-state index contributed by atoms with van der Waals surface area (Å²) in [6.45, 7) is 9.85. The molecule has 2 saturated heterocycles. The molecule has 52 heavy (non-hydrogen) atoms. The van der Waals surface area contributed by atoms with Crippen LogP contribution in [0.5, 0.6) is 0 Å². The van der Waals surface area contributed by atoms with Gasteiger partial charge in [-0.25, -0.2) is 13.2 Å². The molecule has 0 aromatic heterocycles. The number of Topliss-reactive ketones (excluding diaryl/α,β-unsaturated/α-hetero) is 1. The minimum absolute atomic E-state index is 0.0334. The molecule has 16 heteroatoms. The largest absolute Gasteiger partial charge is 0.381 e. The number of unbranched alkanes of at least 4 members (excludes halogenated alkanes) is 1. The van der Waals surface area contributed by atoms with Crippen LogP contribution in [0.15, 0.2) is 0 Å². The summed E-state index contributed by atoms with van der Waals surface area (Å²) in [7, 11) is -3.65. The maximum absolute atomic E-state index is 14.5. The van der Waals surface area contributed by atoms with Gasteiger partial charge in [0.2, 0.25) is 17.6 Å². The zero-order valence-electron chi connectivity index (χ0n) is 31.2. The molecular weight excluding hydrogens is 733 g/mol. The van der Waals surface area contributed by atoms with E-state index in [2.05, 4.69) is 21.3 Å². The van der Waals surface area contributed by atoms with Crippen molar-refractivity contribution in [1.29, 1.82) is 0 Å². The molecule has 5 fully saturated rings. The third-order valence-corrected chi connectivity index (χ3v) is 15.8. The van der Waals surface area contributed by atoms with E-state index in [1.807, 2.05) is 6.92 Å². The number of alkyl halides is 2. The molecule has 4 N–H and O–H groups in total. The number of ether oxygens (including phenoxy) is 1. The van der Waals surface area contributed by atoms with Gasteiger partial charge in [-0.3, -0.25) is 19.2 Å². The number of ketones is 1. The highest BCUT2D eigenvalue weighted by atomic mass is 35.5. The van der Waals surface area contributed by atoms with Gasteiger partial charge in [0.15, 0.2) is 9.84 Å². The van der Waals surface area contributed by atoms with Crippen LogP contribution in [0.2, 0.25) is 0 Å². The Kier molecular flexibility index (Phi) is 12.2. The van der Waals surface area contributed by atoms with Crippen LogP contribution in [0.25, 0.3) is 0 Å². The Bertz CT molecular complexity index is 1500. The number of carbonyl (C=O) groups is 5. The average molecular weight is 791 g/mol. The molecular formula is C36H57Cl2N5O8S. The van der Waals surface area contributed by atoms with E-state index in [-0.39, 0.29) is 24.8 Å². The molecule has 0 radical (unpaired) electrons. The lowest BCUT2D eigenvalue weighted by molar-refractivity contribution is -0.144. The summed E-state index contributed by atoms with van der Waals surface area (Å²) >= 11 is 13.2. The van der Waals surface area contributed by atoms with Crippen molar-refractivity contribution in [2.24, 2.45) is 17.3 Å². The molecule has 5 amide bonds. The molecule has 0 aromatic carbocycles. The van der Waals surface area contributed by atoms with Crippen molar-refractivity contribution in [2.75, 3.05) is 25.5 Å². The van der Waals surface area contributed by atoms with E-state index in [0.29, 0.717) is 45.3 Å². The van der Waals surface area contributed by atoms with Crippen LogP contribution in [0.3, 0.4) is 0 Å². The SMILES string of the molecule is CCCC[C@H](NC(=O)[C@@H]1[C@@H]2[C@H](CN1C(=O)[C@@H](NC(=O)NC1(CS(=O)(=O)C3(C)CCOCC3)CCCCC1)C(C)(C)C)C2(Cl)Cl)C(=O)C(=O)NC1CC1. The van der Waals surface area contributed by atoms with Gasteiger partial charge in [0.05, 0.1) is 22.1 Å². The normalized spacial score (nSPS) is 27.4. The summed E-state index contributed by atoms with van der Waals surface area (Å²) in [6, 6.07) is -4.04. The fourth-order valence-electron chi connectivity index (χ4n) is 8.12. The van der Waals surface area contributed by atoms with Crippen LogP contribution in [0.1, 0.15) is 112 Å². The van der Waals surface area contributed by atoms with Crippen LogP contribution < -0.4 is 21.3 Å². The fourth-order valence-corrected chi connectivity index (χ4v) is 11.2. The van der Waals surface area contributed by atoms with Crippen LogP contribution in [-0.4, -0.2) is 107 Å². The number of urea groups is 1. The summed E-state index contributed by atoms with van der Waals surface area (Å²) in [6.07, 6.45) is 7.37. The van der Waals surface area contributed by atoms with Crippen molar-refractivity contribution in [3.05, 3.63) is 0 Å². The molecule has 0 aromatic rings. The third kappa shape index (κ3) is 8.86. The number of rotatable bonds is 14. The Morgan fingerprint density at radius 2 is 1.60 bits per heavy atom. The van der Waals surface area contributed by atoms with Crippen molar-refractivity contribution >= 4 is 62.6 Å². The highest BCUT2D eigenvalue weighted by Crippen LogP contribution is 2.65. The predicted octanol–water partition coefficient (Wildman–Crippen LogP) is 3.54. The molecule has 294 valence electrons. The number of amides is 5. The number of nitrogens with zero attached hydrogens (tertiary/aromatic N) is 1. The van der Waals surface area contributed by atoms with Gasteiger partial charge < -0.3 is 30.9 Å². The second kappa shape index (κ2) is 15.5. The van der Waals surface area contributed by atoms with Gasteiger partial charge in [0.1, 0.15) is 16.4 Å². The second-order valence-electron chi connectivity index (χ2n) is 17.1. The zero-order valence-corrected chi connectivity index (χ0v) is 33.5. The van der Waals surface area contributed by atoms with Crippen molar-refractivity contribution in [2.45, 2.75) is 150 Å². The van der Waals surface area contributed by atoms with E-state index < -0.39 is 89.4 Å². The Morgan fingerprint density at radius 3 is 2.17 bits per heavy atom. The Morgan fingerprint density at radius 1 is 0.962 bits per heavy atom. The Balaban J connectivity index is 1.33. The number of halogens is 2. The predicted molar refractivity (Wildman–Crippen MR) is 198 cm³/mol. The molecule has 5 rings (SSSR count). The molecule has 0 spiro atoms. The maximum atomic E-state index is 14.5. The number of carbonyl (C=O) groups excluding carboxylic acids is 5. The van der Waals surface area contributed by atoms with Crippen LogP contribution in [0.4, 0.5) is 4.79 Å². The quantitative estimate of drug-likeness (QED) is 0.152. The molecule has 5 atom stereocenters. The first kappa shape index (κ1) is 41.0. The van der Waals surface area contributed by atoms with E-state index in [1.54, 1.807) is 27.7 Å². The van der Waals surface area contributed by atoms with Gasteiger partial charge in [0, 0.05) is 37.6 Å². The highest BCUT2D eigenvalue weighted by molar-refractivity contribution is 7.92. The third-order valence-electron chi connectivity index (χ3n) is 11.8. The van der Waals surface area contributed by atoms with Gasteiger partial charge in [0.25, 0.3) is 5.91 Å². The molecule has 3 saturated carbocycles. The summed E-state index contributed by atoms with van der Waals surface area (Å²) in [5, 5.41) is 11.3. The summed E-state index contributed by atoms with van der Waals surface area (Å²) < 4.78 is 31.0. The Hall–Kier alpha value is -2.16. The maximum Gasteiger partial charge on any atom is 0.315 e. The number of piperidine rings is 1. The monoisotopic (exact) mass is 789 g/mol. The van der Waals surface area contributed by atoms with Gasteiger partial charge in [-0.05, 0) is 57.3 Å². The fraction of sp³-hybridized carbons (Fsp3) is 0.861. The molecule has 5 aliphatic rings. The minimum Gasteiger partial charge on any atom is -0.381 e. The van der Waals surface area contributed by atoms with Crippen molar-refractivity contribution in [1.82, 2.24) is 26.2 Å². The summed E-state index contributed by atoms with van der Waals surface area (Å²) in [4.78, 5) is 69.7. The van der Waals surface area contributed by atoms with Gasteiger partial charge >= 0.3 is 6.03 Å². The van der Waals surface area contributed by atoms with E-state index in [0.717, 1.165) is 38.5 Å². The summed E-state index contributed by atoms with van der Waals surface area (Å²) in [5.74, 6) is -3.88. The van der Waals surface area contributed by atoms with Crippen molar-refractivity contribution < 1.29 is 37.1 Å². The molecule has 13 nitrogen and oxygen atoms in total. The minimum atomic E-state index is -3.65. The lowest BCUT2D eigenvalue weighted by atomic mass is 9.83. The van der Waals surface area contributed by atoms with Gasteiger partial charge in [-0.15, -0.1) is 23.2 Å². The molecule has 2 heterocycles. The first-order valence-electron chi connectivity index (χ1n) is 19.0. The standard InChI is InChI=1S/C36H57Cl2N5O8S/c1-6-7-11-24(27(44)30(46)39-22-12-13-22)40-29(45)26-25-23(36(25,37)38)20-43(26)31(47)28(33(2,3)4)41-32(48)42-35(14-9-8-10-15-35)21-52(49,50)34(5)16-18-51-19-17-34/h22-26,28H,6-21H2,1-5H3,(H,39,46)(H,40,45)(H2,41,42,48)/t23-,24-,25-,26-,28+/m0/s1. The van der Waals surface area contributed by atoms with Gasteiger partial charge in [-0.1, -0.05) is 59.8 Å². The molecule has 0 unspecified atom stereocenters. The second-order valence-corrected chi connectivity index (χ2v) is 21.1. The topological polar surface area (TPSA) is 180 Å². The summed E-state index contributed by atoms with van der Waals surface area (Å²) in [5.41, 5.74) is -1.84. The number of hydrogen-bond donors (Lipinski definition) is 4. The van der Waals surface area contributed by atoms with E-state index in [9.17, 15) is 32.4 Å². The van der Waals surface area contributed by atoms with E-state index in [4.69, 9.17) is 27.9 Å². The van der Waals surface area contributed by atoms with Crippen molar-refractivity contribution in [3.8, 4) is 0 Å². The highest BCUT2D eigenvalue weighted by Gasteiger charge is 2.74. The number of fused-ring (bicyclic) bond motifs is 1. The number of likely N-dealkylation sites (tertiary alicyclic amines) is 1. The molecule has 3 aliphatic carbocycles. The smallest absolute Gasteiger partial charge is 0.315 e. The molecule has 2 aliphatic heterocycles. The zero-order chi connectivity index (χ0) is 38.3.